The molecule has 0 spiro atoms. The van der Waals surface area contributed by atoms with Crippen molar-refractivity contribution in [3.8, 4) is 5.75 Å². The maximum absolute atomic E-state index is 13.0. The zero-order valence-corrected chi connectivity index (χ0v) is 8.05. The number of rotatable bonds is 1. The highest BCUT2D eigenvalue weighted by Crippen LogP contribution is 2.28. The number of carboxylic acid groups (broad SMARTS) is 1. The van der Waals surface area contributed by atoms with Crippen LogP contribution in [0.5, 0.6) is 5.75 Å². The molecule has 1 aliphatic heterocycles. The Bertz CT molecular complexity index is 472. The topological polar surface area (TPSA) is 79.1 Å². The van der Waals surface area contributed by atoms with E-state index in [4.69, 9.17) is 15.1 Å². The van der Waals surface area contributed by atoms with E-state index in [2.05, 4.69) is 5.16 Å². The third-order valence-corrected chi connectivity index (χ3v) is 2.30. The summed E-state index contributed by atoms with van der Waals surface area (Å²) < 4.78 is 18.1. The Kier molecular flexibility index (Phi) is 2.47. The second-order valence-corrected chi connectivity index (χ2v) is 3.34. The lowest BCUT2D eigenvalue weighted by Gasteiger charge is -2.23. The highest BCUT2D eigenvalue weighted by molar-refractivity contribution is 6.05. The lowest BCUT2D eigenvalue weighted by atomic mass is 10.00. The molecule has 0 radical (unpaired) electrons. The van der Waals surface area contributed by atoms with Crippen molar-refractivity contribution in [3.05, 3.63) is 29.6 Å². The average molecular weight is 225 g/mol. The zero-order valence-electron chi connectivity index (χ0n) is 8.05. The van der Waals surface area contributed by atoms with E-state index in [1.807, 2.05) is 0 Å². The fourth-order valence-electron chi connectivity index (χ4n) is 1.54. The van der Waals surface area contributed by atoms with Crippen LogP contribution in [0.15, 0.2) is 23.4 Å². The van der Waals surface area contributed by atoms with Gasteiger partial charge < -0.3 is 15.1 Å². The van der Waals surface area contributed by atoms with E-state index in [1.54, 1.807) is 0 Å². The number of ether oxygens (including phenoxy) is 1. The molecular weight excluding hydrogens is 217 g/mol. The Hall–Kier alpha value is -2.11. The van der Waals surface area contributed by atoms with Crippen LogP contribution in [-0.4, -0.2) is 28.1 Å². The van der Waals surface area contributed by atoms with Crippen LogP contribution in [0.1, 0.15) is 12.0 Å². The van der Waals surface area contributed by atoms with E-state index < -0.39 is 17.9 Å². The standard InChI is InChI=1S/C10H8FNO4/c11-5-1-2-8-6(3-5)7(12-15)4-9(16-8)10(13)14/h1-3,9,15H,4H2,(H,13,14)/b12-7-/t9-/m0/s1. The molecule has 0 saturated heterocycles. The largest absolute Gasteiger partial charge is 0.478 e. The van der Waals surface area contributed by atoms with E-state index in [0.29, 0.717) is 0 Å². The Balaban J connectivity index is 2.46. The zero-order chi connectivity index (χ0) is 11.7. The van der Waals surface area contributed by atoms with Gasteiger partial charge in [-0.05, 0) is 18.2 Å². The Morgan fingerprint density at radius 3 is 2.94 bits per heavy atom. The highest BCUT2D eigenvalue weighted by Gasteiger charge is 2.30. The van der Waals surface area contributed by atoms with Crippen LogP contribution in [0.3, 0.4) is 0 Å². The molecule has 2 N–H and O–H groups in total. The molecule has 1 aromatic carbocycles. The summed E-state index contributed by atoms with van der Waals surface area (Å²) in [7, 11) is 0. The number of hydrogen-bond donors (Lipinski definition) is 2. The minimum absolute atomic E-state index is 0.0950. The SMILES string of the molecule is O=C(O)[C@@H]1C/C(=N/O)c2cc(F)ccc2O1. The summed E-state index contributed by atoms with van der Waals surface area (Å²) >= 11 is 0. The summed E-state index contributed by atoms with van der Waals surface area (Å²) in [5.41, 5.74) is 0.383. The molecule has 0 unspecified atom stereocenters. The van der Waals surface area contributed by atoms with Gasteiger partial charge in [-0.15, -0.1) is 0 Å². The van der Waals surface area contributed by atoms with Crippen LogP contribution in [0, 0.1) is 5.82 Å². The predicted molar refractivity (Wildman–Crippen MR) is 51.4 cm³/mol. The lowest BCUT2D eigenvalue weighted by molar-refractivity contribution is -0.144. The van der Waals surface area contributed by atoms with E-state index in [-0.39, 0.29) is 23.4 Å². The number of hydrogen-bond acceptors (Lipinski definition) is 4. The summed E-state index contributed by atoms with van der Waals surface area (Å²) in [4.78, 5) is 10.8. The quantitative estimate of drug-likeness (QED) is 0.556. The van der Waals surface area contributed by atoms with Crippen LogP contribution in [-0.2, 0) is 4.79 Å². The lowest BCUT2D eigenvalue weighted by Crippen LogP contribution is -2.34. The molecule has 1 heterocycles. The molecule has 0 fully saturated rings. The second-order valence-electron chi connectivity index (χ2n) is 3.34. The third-order valence-electron chi connectivity index (χ3n) is 2.30. The fraction of sp³-hybridized carbons (Fsp3) is 0.200. The number of halogens is 1. The first-order valence-electron chi connectivity index (χ1n) is 4.52. The van der Waals surface area contributed by atoms with Gasteiger partial charge in [0, 0.05) is 12.0 Å². The first-order chi connectivity index (χ1) is 7.61. The third kappa shape index (κ3) is 1.69. The molecule has 0 bridgehead atoms. The van der Waals surface area contributed by atoms with E-state index in [1.165, 1.54) is 6.07 Å². The maximum Gasteiger partial charge on any atom is 0.345 e. The van der Waals surface area contributed by atoms with Gasteiger partial charge >= 0.3 is 5.97 Å². The van der Waals surface area contributed by atoms with Gasteiger partial charge in [-0.25, -0.2) is 9.18 Å². The Morgan fingerprint density at radius 1 is 1.56 bits per heavy atom. The molecule has 1 aromatic rings. The van der Waals surface area contributed by atoms with E-state index in [9.17, 15) is 9.18 Å². The molecule has 0 aliphatic carbocycles. The molecule has 1 aliphatic rings. The molecule has 6 heteroatoms. The molecule has 0 saturated carbocycles. The van der Waals surface area contributed by atoms with Gasteiger partial charge in [0.15, 0.2) is 0 Å². The van der Waals surface area contributed by atoms with Crippen LogP contribution in [0.4, 0.5) is 4.39 Å². The van der Waals surface area contributed by atoms with Crippen molar-refractivity contribution in [2.75, 3.05) is 0 Å². The van der Waals surface area contributed by atoms with Crippen molar-refractivity contribution < 1.29 is 24.2 Å². The molecule has 1 atom stereocenters. The van der Waals surface area contributed by atoms with Gasteiger partial charge in [0.1, 0.15) is 11.6 Å². The summed E-state index contributed by atoms with van der Waals surface area (Å²) in [6.45, 7) is 0. The Labute approximate surface area is 89.8 Å². The summed E-state index contributed by atoms with van der Waals surface area (Å²) in [6, 6.07) is 3.60. The average Bonchev–Trinajstić information content (AvgIpc) is 2.27. The van der Waals surface area contributed by atoms with Gasteiger partial charge in [0.2, 0.25) is 6.10 Å². The normalized spacial score (nSPS) is 21.3. The highest BCUT2D eigenvalue weighted by atomic mass is 19.1. The van der Waals surface area contributed by atoms with Crippen molar-refractivity contribution in [1.82, 2.24) is 0 Å². The van der Waals surface area contributed by atoms with Crippen LogP contribution < -0.4 is 4.74 Å². The van der Waals surface area contributed by atoms with Crippen LogP contribution >= 0.6 is 0 Å². The molecular formula is C10H8FNO4. The number of aliphatic carboxylic acids is 1. The van der Waals surface area contributed by atoms with Gasteiger partial charge in [-0.1, -0.05) is 5.16 Å². The fourth-order valence-corrected chi connectivity index (χ4v) is 1.54. The summed E-state index contributed by atoms with van der Waals surface area (Å²) in [5.74, 6) is -1.46. The smallest absolute Gasteiger partial charge is 0.345 e. The minimum Gasteiger partial charge on any atom is -0.478 e. The van der Waals surface area contributed by atoms with Crippen molar-refractivity contribution >= 4 is 11.7 Å². The molecule has 0 aromatic heterocycles. The number of nitrogens with zero attached hydrogens (tertiary/aromatic N) is 1. The van der Waals surface area contributed by atoms with Gasteiger partial charge in [0.25, 0.3) is 0 Å². The maximum atomic E-state index is 13.0. The first-order valence-corrected chi connectivity index (χ1v) is 4.52. The molecule has 16 heavy (non-hydrogen) atoms. The number of benzene rings is 1. The predicted octanol–water partition coefficient (Wildman–Crippen LogP) is 1.24. The first kappa shape index (κ1) is 10.4. The van der Waals surface area contributed by atoms with Gasteiger partial charge in [-0.2, -0.15) is 0 Å². The number of carbonyl (C=O) groups is 1. The Morgan fingerprint density at radius 2 is 2.31 bits per heavy atom. The number of carboxylic acids is 1. The molecule has 5 nitrogen and oxygen atoms in total. The molecule has 2 rings (SSSR count). The van der Waals surface area contributed by atoms with Crippen molar-refractivity contribution in [2.24, 2.45) is 5.16 Å². The number of fused-ring (bicyclic) bond motifs is 1. The summed E-state index contributed by atoms with van der Waals surface area (Å²) in [6.07, 6.45) is -1.20. The van der Waals surface area contributed by atoms with Gasteiger partial charge in [-0.3, -0.25) is 0 Å². The van der Waals surface area contributed by atoms with Gasteiger partial charge in [0.05, 0.1) is 5.71 Å². The van der Waals surface area contributed by atoms with Crippen LogP contribution in [0.25, 0.3) is 0 Å². The van der Waals surface area contributed by atoms with Crippen molar-refractivity contribution in [1.29, 1.82) is 0 Å². The molecule has 84 valence electrons. The minimum atomic E-state index is -1.16. The summed E-state index contributed by atoms with van der Waals surface area (Å²) in [5, 5.41) is 20.5. The van der Waals surface area contributed by atoms with E-state index >= 15 is 0 Å². The second kappa shape index (κ2) is 3.80. The number of oxime groups is 1. The van der Waals surface area contributed by atoms with Crippen molar-refractivity contribution in [3.63, 3.8) is 0 Å². The van der Waals surface area contributed by atoms with E-state index in [0.717, 1.165) is 12.1 Å². The molecule has 0 amide bonds. The monoisotopic (exact) mass is 225 g/mol. The van der Waals surface area contributed by atoms with Crippen LogP contribution in [0.2, 0.25) is 0 Å². The van der Waals surface area contributed by atoms with Crippen molar-refractivity contribution in [2.45, 2.75) is 12.5 Å².